The van der Waals surface area contributed by atoms with Crippen LogP contribution in [-0.4, -0.2) is 76.4 Å². The number of carbonyl (C=O) groups excluding carboxylic acids is 1. The molecule has 41 heavy (non-hydrogen) atoms. The van der Waals surface area contributed by atoms with Gasteiger partial charge in [-0.25, -0.2) is 4.39 Å². The fourth-order valence-electron chi connectivity index (χ4n) is 8.13. The Morgan fingerprint density at radius 1 is 1.17 bits per heavy atom. The highest BCUT2D eigenvalue weighted by atomic mass is 19.1. The second kappa shape index (κ2) is 9.61. The Bertz CT molecular complexity index is 1530. The number of pyridine rings is 1. The molecular weight excluding hydrogens is 521 g/mol. The van der Waals surface area contributed by atoms with Gasteiger partial charge in [0.1, 0.15) is 24.7 Å². The van der Waals surface area contributed by atoms with Gasteiger partial charge in [-0.3, -0.25) is 14.7 Å². The predicted octanol–water partition coefficient (Wildman–Crippen LogP) is 4.84. The van der Waals surface area contributed by atoms with Gasteiger partial charge < -0.3 is 14.4 Å². The summed E-state index contributed by atoms with van der Waals surface area (Å²) in [4.78, 5) is 31.0. The number of nitrogens with zero attached hydrogens (tertiary/aromatic N) is 5. The zero-order valence-electron chi connectivity index (χ0n) is 23.5. The number of halogens is 1. The lowest BCUT2D eigenvalue weighted by atomic mass is 9.80. The third-order valence-corrected chi connectivity index (χ3v) is 10.2. The number of esters is 1. The fraction of sp³-hybridized carbons (Fsp3) is 0.562. The molecule has 1 aromatic carbocycles. The molecule has 9 heteroatoms. The first-order chi connectivity index (χ1) is 20.0. The first-order valence-electron chi connectivity index (χ1n) is 15.2. The van der Waals surface area contributed by atoms with E-state index in [1.54, 1.807) is 0 Å². The molecule has 0 bridgehead atoms. The van der Waals surface area contributed by atoms with Gasteiger partial charge in [0, 0.05) is 31.3 Å². The number of aromatic nitrogens is 3. The number of piperidine rings is 1. The highest BCUT2D eigenvalue weighted by Crippen LogP contribution is 2.42. The number of fused-ring (bicyclic) bond motifs is 4. The topological polar surface area (TPSA) is 80.7 Å². The Kier molecular flexibility index (Phi) is 5.95. The average molecular weight is 558 g/mol. The summed E-state index contributed by atoms with van der Waals surface area (Å²) in [6.45, 7) is 5.38. The van der Waals surface area contributed by atoms with Crippen LogP contribution in [0.2, 0.25) is 0 Å². The molecule has 0 saturated carbocycles. The van der Waals surface area contributed by atoms with Crippen LogP contribution in [0, 0.1) is 5.92 Å². The Morgan fingerprint density at radius 2 is 2.10 bits per heavy atom. The van der Waals surface area contributed by atoms with Gasteiger partial charge in [0.15, 0.2) is 0 Å². The molecule has 8 nitrogen and oxygen atoms in total. The number of anilines is 1. The molecule has 0 amide bonds. The minimum absolute atomic E-state index is 0.0190. The highest BCUT2D eigenvalue weighted by molar-refractivity contribution is 5.92. The standard InChI is InChI=1S/C32H36FN5O3/c1-19-5-2-6-20-7-3-8-22(28(19)20)25-13-26-24(15-34-25)29(37-12-9-23-27(17-37)41-30(23)39)36-31(35-26)40-18-32-10-4-11-38(32)16-21(33)14-32/h3,7-8,13,15,19,21,23,27H,2,4-6,9-12,14,16-18H2,1H3/t19?,21-,23-,27+,32+/m1/s1. The summed E-state index contributed by atoms with van der Waals surface area (Å²) in [5, 5.41) is 0.855. The molecule has 1 unspecified atom stereocenters. The van der Waals surface area contributed by atoms with E-state index in [2.05, 4.69) is 41.0 Å². The van der Waals surface area contributed by atoms with Gasteiger partial charge in [0.25, 0.3) is 0 Å². The van der Waals surface area contributed by atoms with Crippen LogP contribution in [-0.2, 0) is 16.0 Å². The van der Waals surface area contributed by atoms with Crippen molar-refractivity contribution in [2.24, 2.45) is 5.92 Å². The van der Waals surface area contributed by atoms with Crippen LogP contribution in [0.15, 0.2) is 30.5 Å². The van der Waals surface area contributed by atoms with Crippen molar-refractivity contribution in [1.29, 1.82) is 0 Å². The molecule has 0 N–H and O–H groups in total. The lowest BCUT2D eigenvalue weighted by molar-refractivity contribution is -0.185. The third-order valence-electron chi connectivity index (χ3n) is 10.2. The summed E-state index contributed by atoms with van der Waals surface area (Å²) in [6.07, 6.45) is 7.69. The van der Waals surface area contributed by atoms with Crippen molar-refractivity contribution in [3.8, 4) is 17.3 Å². The maximum atomic E-state index is 14.4. The highest BCUT2D eigenvalue weighted by Gasteiger charge is 2.50. The van der Waals surface area contributed by atoms with Gasteiger partial charge in [-0.15, -0.1) is 0 Å². The van der Waals surface area contributed by atoms with Gasteiger partial charge in [-0.1, -0.05) is 25.1 Å². The molecule has 4 aliphatic heterocycles. The Balaban J connectivity index is 1.18. The van der Waals surface area contributed by atoms with E-state index < -0.39 is 6.17 Å². The zero-order chi connectivity index (χ0) is 27.7. The van der Waals surface area contributed by atoms with Crippen molar-refractivity contribution in [2.45, 2.75) is 75.6 Å². The van der Waals surface area contributed by atoms with Crippen LogP contribution in [0.5, 0.6) is 6.01 Å². The first-order valence-corrected chi connectivity index (χ1v) is 15.2. The van der Waals surface area contributed by atoms with Crippen LogP contribution in [0.4, 0.5) is 10.2 Å². The van der Waals surface area contributed by atoms with E-state index in [0.717, 1.165) is 54.6 Å². The van der Waals surface area contributed by atoms with Crippen LogP contribution in [0.25, 0.3) is 22.2 Å². The molecule has 4 fully saturated rings. The molecule has 0 radical (unpaired) electrons. The predicted molar refractivity (Wildman–Crippen MR) is 153 cm³/mol. The summed E-state index contributed by atoms with van der Waals surface area (Å²) in [7, 11) is 0. The average Bonchev–Trinajstić information content (AvgIpc) is 3.50. The van der Waals surface area contributed by atoms with E-state index in [-0.39, 0.29) is 23.5 Å². The van der Waals surface area contributed by atoms with Crippen molar-refractivity contribution in [2.75, 3.05) is 37.7 Å². The maximum absolute atomic E-state index is 14.4. The van der Waals surface area contributed by atoms with Crippen molar-refractivity contribution in [3.63, 3.8) is 0 Å². The summed E-state index contributed by atoms with van der Waals surface area (Å²) >= 11 is 0. The first kappa shape index (κ1) is 25.4. The molecule has 1 aliphatic carbocycles. The Labute approximate surface area is 239 Å². The number of hydrogen-bond acceptors (Lipinski definition) is 8. The quantitative estimate of drug-likeness (QED) is 0.413. The van der Waals surface area contributed by atoms with Gasteiger partial charge in [-0.05, 0) is 68.2 Å². The second-order valence-electron chi connectivity index (χ2n) is 12.8. The lowest BCUT2D eigenvalue weighted by Gasteiger charge is -2.43. The molecule has 6 heterocycles. The zero-order valence-corrected chi connectivity index (χ0v) is 23.5. The van der Waals surface area contributed by atoms with Gasteiger partial charge >= 0.3 is 12.0 Å². The van der Waals surface area contributed by atoms with Crippen LogP contribution in [0.3, 0.4) is 0 Å². The summed E-state index contributed by atoms with van der Waals surface area (Å²) in [5.41, 5.74) is 5.38. The largest absolute Gasteiger partial charge is 0.461 e. The molecular formula is C32H36FN5O3. The van der Waals surface area contributed by atoms with E-state index in [4.69, 9.17) is 24.4 Å². The number of benzene rings is 1. The normalized spacial score (nSPS) is 30.9. The number of alkyl halides is 1. The molecule has 8 rings (SSSR count). The molecule has 0 spiro atoms. The van der Waals surface area contributed by atoms with E-state index in [9.17, 15) is 9.18 Å². The molecule has 5 atom stereocenters. The number of rotatable bonds is 5. The molecule has 2 aromatic heterocycles. The molecule has 214 valence electrons. The van der Waals surface area contributed by atoms with E-state index >= 15 is 0 Å². The number of carbonyl (C=O) groups is 1. The van der Waals surface area contributed by atoms with E-state index in [0.29, 0.717) is 44.6 Å². The van der Waals surface area contributed by atoms with Gasteiger partial charge in [0.05, 0.1) is 34.6 Å². The number of aryl methyl sites for hydroxylation is 1. The molecule has 3 aromatic rings. The van der Waals surface area contributed by atoms with E-state index in [1.807, 2.05) is 6.20 Å². The van der Waals surface area contributed by atoms with Gasteiger partial charge in [-0.2, -0.15) is 9.97 Å². The maximum Gasteiger partial charge on any atom is 0.319 e. The van der Waals surface area contributed by atoms with Crippen LogP contribution < -0.4 is 9.64 Å². The fourth-order valence-corrected chi connectivity index (χ4v) is 8.13. The van der Waals surface area contributed by atoms with Crippen molar-refractivity contribution >= 4 is 22.7 Å². The van der Waals surface area contributed by atoms with Crippen molar-refractivity contribution in [1.82, 2.24) is 19.9 Å². The Morgan fingerprint density at radius 3 is 2.98 bits per heavy atom. The summed E-state index contributed by atoms with van der Waals surface area (Å²) < 4.78 is 26.2. The lowest BCUT2D eigenvalue weighted by Crippen LogP contribution is -2.56. The summed E-state index contributed by atoms with van der Waals surface area (Å²) in [6, 6.07) is 8.92. The molecule has 5 aliphatic rings. The van der Waals surface area contributed by atoms with E-state index in [1.165, 1.54) is 29.5 Å². The third kappa shape index (κ3) is 4.18. The SMILES string of the molecule is CC1CCCc2cccc(-c3cc4nc(OC[C@@]56CCCN5C[C@H](F)C6)nc(N5CC[C@H]6C(=O)O[C@H]6C5)c4cn3)c21. The number of ether oxygens (including phenoxy) is 2. The molecule has 4 saturated heterocycles. The number of hydrogen-bond donors (Lipinski definition) is 0. The Hall–Kier alpha value is -3.33. The minimum Gasteiger partial charge on any atom is -0.461 e. The van der Waals surface area contributed by atoms with Gasteiger partial charge in [0.2, 0.25) is 0 Å². The van der Waals surface area contributed by atoms with Crippen molar-refractivity contribution in [3.05, 3.63) is 41.6 Å². The minimum atomic E-state index is -0.814. The van der Waals surface area contributed by atoms with Crippen molar-refractivity contribution < 1.29 is 18.7 Å². The second-order valence-corrected chi connectivity index (χ2v) is 12.8. The van der Waals surface area contributed by atoms with Crippen LogP contribution in [0.1, 0.15) is 62.5 Å². The monoisotopic (exact) mass is 557 g/mol. The van der Waals surface area contributed by atoms with Crippen LogP contribution >= 0.6 is 0 Å². The summed E-state index contributed by atoms with van der Waals surface area (Å²) in [5.74, 6) is 1.12. The smallest absolute Gasteiger partial charge is 0.319 e.